The third kappa shape index (κ3) is 4.29. The van der Waals surface area contributed by atoms with Crippen LogP contribution in [0.1, 0.15) is 64.3 Å². The number of hydrogen-bond acceptors (Lipinski definition) is 5. The van der Waals surface area contributed by atoms with Crippen LogP contribution in [0.3, 0.4) is 0 Å². The van der Waals surface area contributed by atoms with E-state index >= 15 is 0 Å². The molecule has 7 heteroatoms. The second-order valence-electron chi connectivity index (χ2n) is 8.98. The highest BCUT2D eigenvalue weighted by Crippen LogP contribution is 2.32. The predicted octanol–water partition coefficient (Wildman–Crippen LogP) is 4.26. The number of hydrogen-bond donors (Lipinski definition) is 1. The SMILES string of the molecule is C[C@H]1CC(c2ccnc3[nH]c(C4CCOCC4)nc23)=CCN1C(=O)OC(C)(C)C. The Morgan fingerprint density at radius 1 is 1.31 bits per heavy atom. The molecule has 0 saturated carbocycles. The van der Waals surface area contributed by atoms with Gasteiger partial charge in [0.05, 0.1) is 0 Å². The normalized spacial score (nSPS) is 21.3. The summed E-state index contributed by atoms with van der Waals surface area (Å²) in [5.74, 6) is 1.40. The number of amides is 1. The summed E-state index contributed by atoms with van der Waals surface area (Å²) in [6.45, 7) is 9.84. The van der Waals surface area contributed by atoms with Crippen LogP contribution < -0.4 is 0 Å². The minimum Gasteiger partial charge on any atom is -0.444 e. The Hall–Kier alpha value is -2.41. The number of aromatic nitrogens is 3. The summed E-state index contributed by atoms with van der Waals surface area (Å²) >= 11 is 0. The van der Waals surface area contributed by atoms with Crippen molar-refractivity contribution in [3.8, 4) is 0 Å². The Morgan fingerprint density at radius 3 is 2.76 bits per heavy atom. The van der Waals surface area contributed by atoms with Gasteiger partial charge in [0, 0.05) is 43.5 Å². The van der Waals surface area contributed by atoms with E-state index in [1.54, 1.807) is 4.90 Å². The maximum Gasteiger partial charge on any atom is 0.410 e. The Bertz CT molecular complexity index is 922. The number of ether oxygens (including phenoxy) is 2. The van der Waals surface area contributed by atoms with Crippen molar-refractivity contribution in [3.05, 3.63) is 29.7 Å². The Labute approximate surface area is 171 Å². The van der Waals surface area contributed by atoms with Crippen LogP contribution in [0.5, 0.6) is 0 Å². The monoisotopic (exact) mass is 398 g/mol. The molecule has 1 N–H and O–H groups in total. The quantitative estimate of drug-likeness (QED) is 0.817. The van der Waals surface area contributed by atoms with Gasteiger partial charge >= 0.3 is 6.09 Å². The molecule has 4 rings (SSSR count). The molecule has 29 heavy (non-hydrogen) atoms. The van der Waals surface area contributed by atoms with Gasteiger partial charge in [-0.1, -0.05) is 6.08 Å². The topological polar surface area (TPSA) is 80.3 Å². The summed E-state index contributed by atoms with van der Waals surface area (Å²) in [6, 6.07) is 2.08. The number of rotatable bonds is 2. The molecule has 2 aromatic heterocycles. The number of fused-ring (bicyclic) bond motifs is 1. The first-order valence-corrected chi connectivity index (χ1v) is 10.4. The van der Waals surface area contributed by atoms with Crippen LogP contribution in [0, 0.1) is 0 Å². The zero-order valence-electron chi connectivity index (χ0n) is 17.7. The fourth-order valence-corrected chi connectivity index (χ4v) is 4.05. The molecular weight excluding hydrogens is 368 g/mol. The van der Waals surface area contributed by atoms with E-state index in [1.807, 2.05) is 33.0 Å². The van der Waals surface area contributed by atoms with Crippen molar-refractivity contribution in [3.63, 3.8) is 0 Å². The fraction of sp³-hybridized carbons (Fsp3) is 0.591. The van der Waals surface area contributed by atoms with Gasteiger partial charge in [-0.05, 0) is 58.6 Å². The number of aromatic amines is 1. The molecule has 2 aromatic rings. The molecule has 7 nitrogen and oxygen atoms in total. The summed E-state index contributed by atoms with van der Waals surface area (Å²) in [4.78, 5) is 27.1. The van der Waals surface area contributed by atoms with Crippen molar-refractivity contribution >= 4 is 22.8 Å². The van der Waals surface area contributed by atoms with Gasteiger partial charge in [-0.3, -0.25) is 0 Å². The van der Waals surface area contributed by atoms with Crippen molar-refractivity contribution < 1.29 is 14.3 Å². The van der Waals surface area contributed by atoms with Crippen LogP contribution in [0.4, 0.5) is 4.79 Å². The zero-order valence-corrected chi connectivity index (χ0v) is 17.7. The van der Waals surface area contributed by atoms with E-state index in [0.717, 1.165) is 55.0 Å². The highest BCUT2D eigenvalue weighted by atomic mass is 16.6. The van der Waals surface area contributed by atoms with Gasteiger partial charge in [-0.15, -0.1) is 0 Å². The van der Waals surface area contributed by atoms with Gasteiger partial charge in [0.1, 0.15) is 16.9 Å². The van der Waals surface area contributed by atoms with E-state index in [-0.39, 0.29) is 12.1 Å². The average molecular weight is 399 g/mol. The minimum absolute atomic E-state index is 0.0574. The Kier molecular flexibility index (Phi) is 5.34. The van der Waals surface area contributed by atoms with Crippen LogP contribution in [-0.4, -0.2) is 57.3 Å². The maximum atomic E-state index is 12.5. The van der Waals surface area contributed by atoms with E-state index in [9.17, 15) is 4.79 Å². The molecule has 0 radical (unpaired) electrons. The average Bonchev–Trinajstić information content (AvgIpc) is 3.11. The van der Waals surface area contributed by atoms with E-state index < -0.39 is 5.60 Å². The lowest BCUT2D eigenvalue weighted by Gasteiger charge is -2.34. The van der Waals surface area contributed by atoms with Crippen molar-refractivity contribution in [2.24, 2.45) is 0 Å². The van der Waals surface area contributed by atoms with Crippen molar-refractivity contribution in [1.29, 1.82) is 0 Å². The third-order valence-corrected chi connectivity index (χ3v) is 5.57. The van der Waals surface area contributed by atoms with E-state index in [2.05, 4.69) is 23.0 Å². The second kappa shape index (κ2) is 7.78. The van der Waals surface area contributed by atoms with Gasteiger partial charge in [0.15, 0.2) is 5.65 Å². The van der Waals surface area contributed by atoms with Crippen LogP contribution in [0.25, 0.3) is 16.7 Å². The molecule has 156 valence electrons. The summed E-state index contributed by atoms with van der Waals surface area (Å²) in [7, 11) is 0. The van der Waals surface area contributed by atoms with Crippen LogP contribution in [0.15, 0.2) is 18.3 Å². The zero-order chi connectivity index (χ0) is 20.6. The number of carbonyl (C=O) groups excluding carboxylic acids is 1. The first-order valence-electron chi connectivity index (χ1n) is 10.4. The summed E-state index contributed by atoms with van der Waals surface area (Å²) in [6.07, 6.45) is 6.41. The molecule has 4 heterocycles. The molecule has 0 unspecified atom stereocenters. The molecule has 0 bridgehead atoms. The van der Waals surface area contributed by atoms with E-state index in [1.165, 1.54) is 5.57 Å². The number of nitrogens with one attached hydrogen (secondary N) is 1. The number of H-pyrrole nitrogens is 1. The van der Waals surface area contributed by atoms with Crippen LogP contribution in [0.2, 0.25) is 0 Å². The highest BCUT2D eigenvalue weighted by molar-refractivity contribution is 5.88. The highest BCUT2D eigenvalue weighted by Gasteiger charge is 2.29. The van der Waals surface area contributed by atoms with Crippen LogP contribution >= 0.6 is 0 Å². The van der Waals surface area contributed by atoms with Crippen LogP contribution in [-0.2, 0) is 9.47 Å². The molecular formula is C22H30N4O3. The number of carbonyl (C=O) groups is 1. The van der Waals surface area contributed by atoms with Crippen molar-refractivity contribution in [1.82, 2.24) is 19.9 Å². The second-order valence-corrected chi connectivity index (χ2v) is 8.98. The lowest BCUT2D eigenvalue weighted by atomic mass is 9.95. The molecule has 1 saturated heterocycles. The number of nitrogens with zero attached hydrogens (tertiary/aromatic N) is 3. The number of pyridine rings is 1. The Morgan fingerprint density at radius 2 is 2.07 bits per heavy atom. The number of imidazole rings is 1. The van der Waals surface area contributed by atoms with Crippen molar-refractivity contribution in [2.45, 2.75) is 64.5 Å². The third-order valence-electron chi connectivity index (χ3n) is 5.57. The van der Waals surface area contributed by atoms with Gasteiger partial charge in [-0.25, -0.2) is 14.8 Å². The molecule has 0 aliphatic carbocycles. The summed E-state index contributed by atoms with van der Waals surface area (Å²) in [5, 5.41) is 0. The largest absolute Gasteiger partial charge is 0.444 e. The van der Waals surface area contributed by atoms with E-state index in [4.69, 9.17) is 14.5 Å². The lowest BCUT2D eigenvalue weighted by molar-refractivity contribution is 0.0199. The predicted molar refractivity (Wildman–Crippen MR) is 112 cm³/mol. The molecule has 2 aliphatic rings. The molecule has 1 amide bonds. The molecule has 0 spiro atoms. The Balaban J connectivity index is 1.58. The maximum absolute atomic E-state index is 12.5. The van der Waals surface area contributed by atoms with E-state index in [0.29, 0.717) is 12.5 Å². The first kappa shape index (κ1) is 19.9. The smallest absolute Gasteiger partial charge is 0.410 e. The fourth-order valence-electron chi connectivity index (χ4n) is 4.05. The molecule has 2 aliphatic heterocycles. The molecule has 1 atom stereocenters. The lowest BCUT2D eigenvalue weighted by Crippen LogP contribution is -2.44. The first-order chi connectivity index (χ1) is 13.8. The van der Waals surface area contributed by atoms with Gasteiger partial charge in [0.2, 0.25) is 0 Å². The summed E-state index contributed by atoms with van der Waals surface area (Å²) < 4.78 is 11.0. The minimum atomic E-state index is -0.492. The summed E-state index contributed by atoms with van der Waals surface area (Å²) in [5.41, 5.74) is 3.55. The van der Waals surface area contributed by atoms with Gasteiger partial charge in [-0.2, -0.15) is 0 Å². The molecule has 1 fully saturated rings. The van der Waals surface area contributed by atoms with Crippen molar-refractivity contribution in [2.75, 3.05) is 19.8 Å². The molecule has 0 aromatic carbocycles. The van der Waals surface area contributed by atoms with Gasteiger partial charge < -0.3 is 19.4 Å². The van der Waals surface area contributed by atoms with Gasteiger partial charge in [0.25, 0.3) is 0 Å². The standard InChI is InChI=1S/C22H30N4O3/c1-14-13-16(6-10-26(14)21(27)29-22(2,3)4)17-5-9-23-20-18(17)24-19(25-20)15-7-11-28-12-8-15/h5-6,9,14-15H,7-8,10-13H2,1-4H3,(H,23,24,25)/t14-/m0/s1.